The third-order valence-corrected chi connectivity index (χ3v) is 6.31. The molecular formula is C18H23NO3S2. The summed E-state index contributed by atoms with van der Waals surface area (Å²) in [6.45, 7) is 5.44. The summed E-state index contributed by atoms with van der Waals surface area (Å²) < 4.78 is 27.7. The van der Waals surface area contributed by atoms with Crippen molar-refractivity contribution in [2.24, 2.45) is 0 Å². The molecule has 0 fully saturated rings. The van der Waals surface area contributed by atoms with Crippen LogP contribution in [0.2, 0.25) is 0 Å². The van der Waals surface area contributed by atoms with Gasteiger partial charge < -0.3 is 5.11 Å². The Morgan fingerprint density at radius 2 is 1.62 bits per heavy atom. The van der Waals surface area contributed by atoms with Crippen molar-refractivity contribution in [3.63, 3.8) is 0 Å². The molecule has 0 aliphatic carbocycles. The highest BCUT2D eigenvalue weighted by Gasteiger charge is 2.21. The summed E-state index contributed by atoms with van der Waals surface area (Å²) in [5.74, 6) is 0. The maximum atomic E-state index is 12.6. The minimum Gasteiger partial charge on any atom is -0.387 e. The number of hydrogen-bond acceptors (Lipinski definition) is 4. The van der Waals surface area contributed by atoms with E-state index >= 15 is 0 Å². The van der Waals surface area contributed by atoms with Crippen molar-refractivity contribution in [3.05, 3.63) is 58.7 Å². The zero-order valence-corrected chi connectivity index (χ0v) is 16.0. The summed E-state index contributed by atoms with van der Waals surface area (Å²) in [6.07, 6.45) is 1.09. The van der Waals surface area contributed by atoms with Crippen molar-refractivity contribution in [1.29, 1.82) is 0 Å². The summed E-state index contributed by atoms with van der Waals surface area (Å²) in [5.41, 5.74) is 3.13. The number of rotatable bonds is 6. The zero-order valence-electron chi connectivity index (χ0n) is 14.3. The lowest BCUT2D eigenvalue weighted by Gasteiger charge is -2.16. The Labute approximate surface area is 148 Å². The predicted molar refractivity (Wildman–Crippen MR) is 99.0 cm³/mol. The highest BCUT2D eigenvalue weighted by Crippen LogP contribution is 2.23. The average molecular weight is 366 g/mol. The van der Waals surface area contributed by atoms with Crippen LogP contribution in [0.3, 0.4) is 0 Å². The molecule has 0 aliphatic heterocycles. The van der Waals surface area contributed by atoms with Gasteiger partial charge in [0.25, 0.3) is 0 Å². The number of benzene rings is 2. The average Bonchev–Trinajstić information content (AvgIpc) is 2.51. The highest BCUT2D eigenvalue weighted by molar-refractivity contribution is 7.98. The standard InChI is InChI=1S/C18H23NO3S2/c1-12-9-13(2)18(14(3)10-12)24(21,22)19-11-17(20)15-5-7-16(23-4)8-6-15/h5-10,17,19-20H,11H2,1-4H3. The van der Waals surface area contributed by atoms with Gasteiger partial charge in [0, 0.05) is 11.4 Å². The normalized spacial score (nSPS) is 13.0. The molecule has 1 atom stereocenters. The molecule has 6 heteroatoms. The molecule has 2 N–H and O–H groups in total. The van der Waals surface area contributed by atoms with Gasteiger partial charge in [0.05, 0.1) is 11.0 Å². The van der Waals surface area contributed by atoms with E-state index in [9.17, 15) is 13.5 Å². The van der Waals surface area contributed by atoms with E-state index < -0.39 is 16.1 Å². The lowest BCUT2D eigenvalue weighted by atomic mass is 10.1. The van der Waals surface area contributed by atoms with E-state index in [2.05, 4.69) is 4.72 Å². The van der Waals surface area contributed by atoms with Crippen molar-refractivity contribution >= 4 is 21.8 Å². The van der Waals surface area contributed by atoms with E-state index in [4.69, 9.17) is 0 Å². The van der Waals surface area contributed by atoms with Crippen molar-refractivity contribution < 1.29 is 13.5 Å². The van der Waals surface area contributed by atoms with E-state index in [1.807, 2.05) is 49.6 Å². The third-order valence-electron chi connectivity index (χ3n) is 3.84. The molecule has 0 spiro atoms. The first-order valence-corrected chi connectivity index (χ1v) is 10.3. The van der Waals surface area contributed by atoms with Crippen molar-refractivity contribution in [2.75, 3.05) is 12.8 Å². The minimum atomic E-state index is -3.67. The molecule has 1 unspecified atom stereocenters. The maximum absolute atomic E-state index is 12.6. The Morgan fingerprint density at radius 3 is 2.12 bits per heavy atom. The SMILES string of the molecule is CSc1ccc(C(O)CNS(=O)(=O)c2c(C)cc(C)cc2C)cc1. The van der Waals surface area contributed by atoms with Gasteiger partial charge in [0.15, 0.2) is 0 Å². The summed E-state index contributed by atoms with van der Waals surface area (Å²) in [4.78, 5) is 1.38. The number of aliphatic hydroxyl groups excluding tert-OH is 1. The fraction of sp³-hybridized carbons (Fsp3) is 0.333. The Hall–Kier alpha value is -1.34. The molecule has 2 rings (SSSR count). The fourth-order valence-electron chi connectivity index (χ4n) is 2.80. The summed E-state index contributed by atoms with van der Waals surface area (Å²) in [7, 11) is -3.67. The van der Waals surface area contributed by atoms with Crippen LogP contribution in [0.1, 0.15) is 28.4 Å². The second-order valence-corrected chi connectivity index (χ2v) is 8.45. The molecule has 0 aliphatic rings. The highest BCUT2D eigenvalue weighted by atomic mass is 32.2. The molecule has 24 heavy (non-hydrogen) atoms. The van der Waals surface area contributed by atoms with Gasteiger partial charge in [-0.05, 0) is 55.9 Å². The van der Waals surface area contributed by atoms with Crippen LogP contribution in [0, 0.1) is 20.8 Å². The molecule has 130 valence electrons. The molecule has 0 aromatic heterocycles. The van der Waals surface area contributed by atoms with E-state index in [0.29, 0.717) is 16.7 Å². The third kappa shape index (κ3) is 4.39. The van der Waals surface area contributed by atoms with E-state index in [1.54, 1.807) is 25.6 Å². The topological polar surface area (TPSA) is 66.4 Å². The molecule has 0 saturated carbocycles. The lowest BCUT2D eigenvalue weighted by molar-refractivity contribution is 0.182. The second-order valence-electron chi connectivity index (χ2n) is 5.87. The van der Waals surface area contributed by atoms with Gasteiger partial charge in [0.1, 0.15) is 0 Å². The largest absolute Gasteiger partial charge is 0.387 e. The Kier molecular flexibility index (Phi) is 6.09. The lowest BCUT2D eigenvalue weighted by Crippen LogP contribution is -2.29. The molecular weight excluding hydrogens is 342 g/mol. The van der Waals surface area contributed by atoms with Crippen molar-refractivity contribution in [1.82, 2.24) is 4.72 Å². The number of aliphatic hydroxyl groups is 1. The predicted octanol–water partition coefficient (Wildman–Crippen LogP) is 3.35. The van der Waals surface area contributed by atoms with Crippen molar-refractivity contribution in [2.45, 2.75) is 36.7 Å². The van der Waals surface area contributed by atoms with Crippen LogP contribution < -0.4 is 4.72 Å². The number of hydrogen-bond donors (Lipinski definition) is 2. The monoisotopic (exact) mass is 365 g/mol. The van der Waals surface area contributed by atoms with Gasteiger partial charge >= 0.3 is 0 Å². The van der Waals surface area contributed by atoms with E-state index in [-0.39, 0.29) is 11.4 Å². The Morgan fingerprint density at radius 1 is 1.08 bits per heavy atom. The number of sulfonamides is 1. The van der Waals surface area contributed by atoms with Gasteiger partial charge in [-0.25, -0.2) is 13.1 Å². The van der Waals surface area contributed by atoms with Gasteiger partial charge in [-0.3, -0.25) is 0 Å². The molecule has 0 radical (unpaired) electrons. The van der Waals surface area contributed by atoms with Crippen LogP contribution in [0.4, 0.5) is 0 Å². The quantitative estimate of drug-likeness (QED) is 0.771. The first-order valence-electron chi connectivity index (χ1n) is 7.64. The zero-order chi connectivity index (χ0) is 17.9. The Bertz CT molecular complexity index is 792. The van der Waals surface area contributed by atoms with Gasteiger partial charge in [0.2, 0.25) is 10.0 Å². The number of aryl methyl sites for hydroxylation is 3. The van der Waals surface area contributed by atoms with Gasteiger partial charge in [-0.1, -0.05) is 29.8 Å². The van der Waals surface area contributed by atoms with Crippen LogP contribution >= 0.6 is 11.8 Å². The molecule has 0 bridgehead atoms. The molecule has 2 aromatic rings. The van der Waals surface area contributed by atoms with Crippen LogP contribution in [0.5, 0.6) is 0 Å². The van der Waals surface area contributed by atoms with Gasteiger partial charge in [-0.2, -0.15) is 0 Å². The number of nitrogens with one attached hydrogen (secondary N) is 1. The van der Waals surface area contributed by atoms with Gasteiger partial charge in [-0.15, -0.1) is 11.8 Å². The van der Waals surface area contributed by atoms with E-state index in [0.717, 1.165) is 10.5 Å². The minimum absolute atomic E-state index is 0.0618. The first kappa shape index (κ1) is 19.0. The van der Waals surface area contributed by atoms with Crippen LogP contribution in [-0.2, 0) is 10.0 Å². The molecule has 0 saturated heterocycles. The van der Waals surface area contributed by atoms with Crippen LogP contribution in [0.15, 0.2) is 46.2 Å². The molecule has 4 nitrogen and oxygen atoms in total. The first-order chi connectivity index (χ1) is 11.2. The Balaban J connectivity index is 2.15. The summed E-state index contributed by atoms with van der Waals surface area (Å²) in [5, 5.41) is 10.2. The fourth-order valence-corrected chi connectivity index (χ4v) is 4.69. The second kappa shape index (κ2) is 7.70. The molecule has 0 heterocycles. The summed E-state index contributed by atoms with van der Waals surface area (Å²) in [6, 6.07) is 11.1. The van der Waals surface area contributed by atoms with Crippen molar-refractivity contribution in [3.8, 4) is 0 Å². The smallest absolute Gasteiger partial charge is 0.241 e. The molecule has 0 amide bonds. The van der Waals surface area contributed by atoms with Crippen LogP contribution in [-0.4, -0.2) is 26.3 Å². The maximum Gasteiger partial charge on any atom is 0.241 e. The molecule has 2 aromatic carbocycles. The summed E-state index contributed by atoms with van der Waals surface area (Å²) >= 11 is 1.62. The number of thioether (sulfide) groups is 1. The van der Waals surface area contributed by atoms with E-state index in [1.165, 1.54) is 0 Å². The van der Waals surface area contributed by atoms with Crippen LogP contribution in [0.25, 0.3) is 0 Å².